The van der Waals surface area contributed by atoms with Gasteiger partial charge in [-0.3, -0.25) is 9.69 Å². The lowest BCUT2D eigenvalue weighted by Crippen LogP contribution is -2.25. The normalized spacial score (nSPS) is 10.1. The first-order valence-corrected chi connectivity index (χ1v) is 4.93. The molecule has 0 radical (unpaired) electrons. The van der Waals surface area contributed by atoms with Crippen LogP contribution in [0, 0.1) is 18.3 Å². The van der Waals surface area contributed by atoms with E-state index < -0.39 is 5.97 Å². The molecule has 84 valence electrons. The van der Waals surface area contributed by atoms with Gasteiger partial charge in [0.1, 0.15) is 0 Å². The van der Waals surface area contributed by atoms with E-state index in [-0.39, 0.29) is 6.54 Å². The summed E-state index contributed by atoms with van der Waals surface area (Å²) in [6.45, 7) is 2.51. The van der Waals surface area contributed by atoms with Crippen LogP contribution >= 0.6 is 0 Å². The Morgan fingerprint density at radius 2 is 2.25 bits per heavy atom. The number of hydrogen-bond donors (Lipinski definition) is 1. The second-order valence-electron chi connectivity index (χ2n) is 3.82. The van der Waals surface area contributed by atoms with Crippen LogP contribution in [0.3, 0.4) is 0 Å². The highest BCUT2D eigenvalue weighted by atomic mass is 16.4. The second-order valence-corrected chi connectivity index (χ2v) is 3.82. The Kier molecular flexibility index (Phi) is 4.03. The molecule has 0 bridgehead atoms. The molecule has 0 atom stereocenters. The zero-order chi connectivity index (χ0) is 12.1. The van der Waals surface area contributed by atoms with Crippen LogP contribution in [0.5, 0.6) is 0 Å². The summed E-state index contributed by atoms with van der Waals surface area (Å²) < 4.78 is 0. The molecule has 1 N–H and O–H groups in total. The monoisotopic (exact) mass is 218 g/mol. The lowest BCUT2D eigenvalue weighted by molar-refractivity contribution is -0.138. The van der Waals surface area contributed by atoms with E-state index in [2.05, 4.69) is 6.07 Å². The van der Waals surface area contributed by atoms with Crippen molar-refractivity contribution in [2.24, 2.45) is 0 Å². The molecule has 0 aliphatic heterocycles. The molecular formula is C12H14N2O2. The van der Waals surface area contributed by atoms with Crippen LogP contribution in [-0.2, 0) is 11.3 Å². The van der Waals surface area contributed by atoms with E-state index in [1.807, 2.05) is 19.1 Å². The summed E-state index contributed by atoms with van der Waals surface area (Å²) >= 11 is 0. The number of aliphatic carboxylic acids is 1. The molecule has 4 nitrogen and oxygen atoms in total. The maximum atomic E-state index is 10.5. The van der Waals surface area contributed by atoms with Crippen molar-refractivity contribution in [1.82, 2.24) is 4.90 Å². The van der Waals surface area contributed by atoms with Crippen LogP contribution < -0.4 is 0 Å². The minimum atomic E-state index is -0.839. The summed E-state index contributed by atoms with van der Waals surface area (Å²) in [5.74, 6) is -0.839. The quantitative estimate of drug-likeness (QED) is 0.829. The van der Waals surface area contributed by atoms with Crippen LogP contribution in [0.2, 0.25) is 0 Å². The van der Waals surface area contributed by atoms with Crippen molar-refractivity contribution in [3.63, 3.8) is 0 Å². The van der Waals surface area contributed by atoms with Gasteiger partial charge in [0.25, 0.3) is 0 Å². The predicted molar refractivity (Wildman–Crippen MR) is 59.9 cm³/mol. The topological polar surface area (TPSA) is 64.3 Å². The van der Waals surface area contributed by atoms with E-state index in [0.717, 1.165) is 11.1 Å². The van der Waals surface area contributed by atoms with E-state index >= 15 is 0 Å². The van der Waals surface area contributed by atoms with Crippen molar-refractivity contribution >= 4 is 5.97 Å². The number of rotatable bonds is 4. The minimum absolute atomic E-state index is 0.0133. The average molecular weight is 218 g/mol. The summed E-state index contributed by atoms with van der Waals surface area (Å²) in [6.07, 6.45) is 0. The molecule has 1 rings (SSSR count). The molecule has 0 saturated heterocycles. The van der Waals surface area contributed by atoms with Crippen molar-refractivity contribution in [3.8, 4) is 6.07 Å². The van der Waals surface area contributed by atoms with E-state index in [0.29, 0.717) is 12.1 Å². The van der Waals surface area contributed by atoms with Gasteiger partial charge in [0.2, 0.25) is 0 Å². The van der Waals surface area contributed by atoms with Crippen molar-refractivity contribution in [3.05, 3.63) is 34.9 Å². The number of carboxylic acids is 1. The SMILES string of the molecule is Cc1cc(C#N)ccc1CN(C)CC(=O)O. The maximum Gasteiger partial charge on any atom is 0.317 e. The Morgan fingerprint density at radius 1 is 1.56 bits per heavy atom. The Labute approximate surface area is 94.7 Å². The molecule has 0 heterocycles. The predicted octanol–water partition coefficient (Wildman–Crippen LogP) is 1.38. The number of hydrogen-bond acceptors (Lipinski definition) is 3. The zero-order valence-corrected chi connectivity index (χ0v) is 9.40. The number of carboxylic acid groups (broad SMARTS) is 1. The number of carbonyl (C=O) groups is 1. The first kappa shape index (κ1) is 12.2. The summed E-state index contributed by atoms with van der Waals surface area (Å²) in [5, 5.41) is 17.3. The number of nitrogens with zero attached hydrogens (tertiary/aromatic N) is 2. The molecular weight excluding hydrogens is 204 g/mol. The van der Waals surface area contributed by atoms with Crippen LogP contribution in [0.4, 0.5) is 0 Å². The summed E-state index contributed by atoms with van der Waals surface area (Å²) in [5.41, 5.74) is 2.68. The summed E-state index contributed by atoms with van der Waals surface area (Å²) in [4.78, 5) is 12.2. The molecule has 4 heteroatoms. The van der Waals surface area contributed by atoms with Gasteiger partial charge in [-0.1, -0.05) is 6.07 Å². The number of likely N-dealkylation sites (N-methyl/N-ethyl adjacent to an activating group) is 1. The van der Waals surface area contributed by atoms with Gasteiger partial charge < -0.3 is 5.11 Å². The van der Waals surface area contributed by atoms with E-state index in [4.69, 9.17) is 10.4 Å². The first-order chi connectivity index (χ1) is 7.52. The van der Waals surface area contributed by atoms with Crippen molar-refractivity contribution in [2.45, 2.75) is 13.5 Å². The zero-order valence-electron chi connectivity index (χ0n) is 9.40. The van der Waals surface area contributed by atoms with Crippen molar-refractivity contribution in [1.29, 1.82) is 5.26 Å². The summed E-state index contributed by atoms with van der Waals surface area (Å²) in [6, 6.07) is 7.50. The molecule has 0 spiro atoms. The fraction of sp³-hybridized carbons (Fsp3) is 0.333. The van der Waals surface area contributed by atoms with Crippen molar-refractivity contribution in [2.75, 3.05) is 13.6 Å². The van der Waals surface area contributed by atoms with Crippen LogP contribution in [-0.4, -0.2) is 29.6 Å². The highest BCUT2D eigenvalue weighted by Gasteiger charge is 2.07. The fourth-order valence-electron chi connectivity index (χ4n) is 1.52. The first-order valence-electron chi connectivity index (χ1n) is 4.93. The number of benzene rings is 1. The number of nitriles is 1. The lowest BCUT2D eigenvalue weighted by Gasteiger charge is -2.15. The van der Waals surface area contributed by atoms with E-state index in [1.54, 1.807) is 18.0 Å². The van der Waals surface area contributed by atoms with E-state index in [9.17, 15) is 4.79 Å². The highest BCUT2D eigenvalue weighted by Crippen LogP contribution is 2.12. The van der Waals surface area contributed by atoms with Gasteiger partial charge in [-0.25, -0.2) is 0 Å². The molecule has 0 saturated carbocycles. The van der Waals surface area contributed by atoms with Gasteiger partial charge in [-0.05, 0) is 37.2 Å². The highest BCUT2D eigenvalue weighted by molar-refractivity contribution is 5.69. The molecule has 0 amide bonds. The van der Waals surface area contributed by atoms with Crippen LogP contribution in [0.15, 0.2) is 18.2 Å². The van der Waals surface area contributed by atoms with Gasteiger partial charge in [0, 0.05) is 6.54 Å². The Hall–Kier alpha value is -1.86. The smallest absolute Gasteiger partial charge is 0.317 e. The third kappa shape index (κ3) is 3.37. The Morgan fingerprint density at radius 3 is 2.75 bits per heavy atom. The van der Waals surface area contributed by atoms with Gasteiger partial charge in [0.05, 0.1) is 18.2 Å². The molecule has 0 aliphatic rings. The molecule has 1 aromatic rings. The van der Waals surface area contributed by atoms with Gasteiger partial charge in [-0.2, -0.15) is 5.26 Å². The van der Waals surface area contributed by atoms with Crippen LogP contribution in [0.1, 0.15) is 16.7 Å². The second kappa shape index (κ2) is 5.29. The van der Waals surface area contributed by atoms with Gasteiger partial charge >= 0.3 is 5.97 Å². The third-order valence-corrected chi connectivity index (χ3v) is 2.32. The van der Waals surface area contributed by atoms with E-state index in [1.165, 1.54) is 0 Å². The van der Waals surface area contributed by atoms with Gasteiger partial charge in [0.15, 0.2) is 0 Å². The largest absolute Gasteiger partial charge is 0.480 e. The Balaban J connectivity index is 2.75. The van der Waals surface area contributed by atoms with Gasteiger partial charge in [-0.15, -0.1) is 0 Å². The molecule has 0 unspecified atom stereocenters. The molecule has 0 aliphatic carbocycles. The number of aryl methyl sites for hydroxylation is 1. The summed E-state index contributed by atoms with van der Waals surface area (Å²) in [7, 11) is 1.76. The van der Waals surface area contributed by atoms with Crippen molar-refractivity contribution < 1.29 is 9.90 Å². The lowest BCUT2D eigenvalue weighted by atomic mass is 10.1. The maximum absolute atomic E-state index is 10.5. The fourth-order valence-corrected chi connectivity index (χ4v) is 1.52. The minimum Gasteiger partial charge on any atom is -0.480 e. The molecule has 0 aromatic heterocycles. The molecule has 1 aromatic carbocycles. The Bertz CT molecular complexity index is 435. The van der Waals surface area contributed by atoms with Crippen LogP contribution in [0.25, 0.3) is 0 Å². The standard InChI is InChI=1S/C12H14N2O2/c1-9-5-10(6-13)3-4-11(9)7-14(2)8-12(15)16/h3-5H,7-8H2,1-2H3,(H,15,16). The third-order valence-electron chi connectivity index (χ3n) is 2.32. The molecule has 0 fully saturated rings. The molecule has 16 heavy (non-hydrogen) atoms. The average Bonchev–Trinajstić information content (AvgIpc) is 2.19.